The van der Waals surface area contributed by atoms with Crippen LogP contribution in [0.1, 0.15) is 24.8 Å². The Labute approximate surface area is 110 Å². The van der Waals surface area contributed by atoms with E-state index in [9.17, 15) is 4.79 Å². The fraction of sp³-hybridized carbons (Fsp3) is 0.462. The van der Waals surface area contributed by atoms with Gasteiger partial charge in [-0.15, -0.1) is 0 Å². The minimum absolute atomic E-state index is 0.0938. The average molecular weight is 329 g/mol. The van der Waals surface area contributed by atoms with E-state index in [0.717, 1.165) is 24.8 Å². The summed E-state index contributed by atoms with van der Waals surface area (Å²) in [4.78, 5) is 12.0. The molecule has 0 heterocycles. The highest BCUT2D eigenvalue weighted by molar-refractivity contribution is 14.1. The molecule has 0 aromatic heterocycles. The third-order valence-corrected chi connectivity index (χ3v) is 3.99. The Morgan fingerprint density at radius 2 is 2.00 bits per heavy atom. The quantitative estimate of drug-likeness (QED) is 0.866. The van der Waals surface area contributed by atoms with Gasteiger partial charge in [0, 0.05) is 22.0 Å². The number of hydrogen-bond donors (Lipinski definition) is 1. The van der Waals surface area contributed by atoms with Crippen LogP contribution >= 0.6 is 22.6 Å². The summed E-state index contributed by atoms with van der Waals surface area (Å²) in [5.74, 6) is 0.408. The Hall–Kier alpha value is -0.420. The van der Waals surface area contributed by atoms with Gasteiger partial charge in [0.2, 0.25) is 0 Å². The van der Waals surface area contributed by atoms with E-state index in [4.69, 9.17) is 5.73 Å². The number of rotatable bonds is 3. The van der Waals surface area contributed by atoms with E-state index in [-0.39, 0.29) is 12.0 Å². The zero-order chi connectivity index (χ0) is 11.5. The summed E-state index contributed by atoms with van der Waals surface area (Å²) < 4.78 is 1.20. The van der Waals surface area contributed by atoms with Crippen molar-refractivity contribution in [1.82, 2.24) is 0 Å². The van der Waals surface area contributed by atoms with Crippen LogP contribution in [0, 0.1) is 9.49 Å². The second kappa shape index (κ2) is 5.27. The van der Waals surface area contributed by atoms with E-state index >= 15 is 0 Å². The van der Waals surface area contributed by atoms with Crippen LogP contribution in [0.3, 0.4) is 0 Å². The molecule has 1 aromatic rings. The molecule has 2 N–H and O–H groups in total. The van der Waals surface area contributed by atoms with E-state index in [1.54, 1.807) is 0 Å². The smallest absolute Gasteiger partial charge is 0.141 e. The molecule has 3 heteroatoms. The van der Waals surface area contributed by atoms with Gasteiger partial charge in [-0.1, -0.05) is 18.6 Å². The van der Waals surface area contributed by atoms with Gasteiger partial charge in [0.15, 0.2) is 0 Å². The third-order valence-electron chi connectivity index (χ3n) is 3.27. The Kier molecular flexibility index (Phi) is 3.97. The van der Waals surface area contributed by atoms with E-state index < -0.39 is 0 Å². The molecule has 1 aliphatic carbocycles. The lowest BCUT2D eigenvalue weighted by Crippen LogP contribution is -2.31. The molecule has 2 nitrogen and oxygen atoms in total. The SMILES string of the molecule is NC1CCCC1C(=O)Cc1ccc(I)cc1. The second-order valence-corrected chi connectivity index (χ2v) is 5.72. The van der Waals surface area contributed by atoms with Crippen molar-refractivity contribution >= 4 is 28.4 Å². The van der Waals surface area contributed by atoms with Gasteiger partial charge >= 0.3 is 0 Å². The van der Waals surface area contributed by atoms with Crippen molar-refractivity contribution in [3.05, 3.63) is 33.4 Å². The van der Waals surface area contributed by atoms with Crippen molar-refractivity contribution in [3.8, 4) is 0 Å². The van der Waals surface area contributed by atoms with E-state index in [2.05, 4.69) is 22.6 Å². The first-order chi connectivity index (χ1) is 7.66. The largest absolute Gasteiger partial charge is 0.327 e. The molecule has 16 heavy (non-hydrogen) atoms. The zero-order valence-corrected chi connectivity index (χ0v) is 11.3. The van der Waals surface area contributed by atoms with Crippen LogP contribution < -0.4 is 5.73 Å². The molecule has 2 unspecified atom stereocenters. The van der Waals surface area contributed by atoms with Crippen LogP contribution in [0.4, 0.5) is 0 Å². The summed E-state index contributed by atoms with van der Waals surface area (Å²) in [6, 6.07) is 8.23. The van der Waals surface area contributed by atoms with Crippen molar-refractivity contribution in [2.24, 2.45) is 11.7 Å². The summed E-state index contributed by atoms with van der Waals surface area (Å²) in [5.41, 5.74) is 7.04. The van der Waals surface area contributed by atoms with Gasteiger partial charge in [-0.3, -0.25) is 4.79 Å². The van der Waals surface area contributed by atoms with Crippen molar-refractivity contribution in [2.75, 3.05) is 0 Å². The van der Waals surface area contributed by atoms with Crippen LogP contribution in [0.25, 0.3) is 0 Å². The maximum Gasteiger partial charge on any atom is 0.141 e. The van der Waals surface area contributed by atoms with Gasteiger partial charge < -0.3 is 5.73 Å². The third kappa shape index (κ3) is 2.83. The van der Waals surface area contributed by atoms with Crippen molar-refractivity contribution in [2.45, 2.75) is 31.7 Å². The van der Waals surface area contributed by atoms with Crippen LogP contribution in [0.2, 0.25) is 0 Å². The molecule has 1 fully saturated rings. The molecule has 0 spiro atoms. The second-order valence-electron chi connectivity index (χ2n) is 4.47. The van der Waals surface area contributed by atoms with Gasteiger partial charge in [-0.2, -0.15) is 0 Å². The summed E-state index contributed by atoms with van der Waals surface area (Å²) in [6.45, 7) is 0. The Morgan fingerprint density at radius 1 is 1.31 bits per heavy atom. The Bertz CT molecular complexity index is 374. The number of Topliss-reactive ketones (excluding diaryl/α,β-unsaturated/α-hetero) is 1. The lowest BCUT2D eigenvalue weighted by Gasteiger charge is -2.13. The Morgan fingerprint density at radius 3 is 2.56 bits per heavy atom. The molecular formula is C13H16INO. The van der Waals surface area contributed by atoms with Crippen LogP contribution in [0.5, 0.6) is 0 Å². The first-order valence-electron chi connectivity index (χ1n) is 5.69. The maximum atomic E-state index is 12.0. The van der Waals surface area contributed by atoms with Crippen molar-refractivity contribution in [3.63, 3.8) is 0 Å². The lowest BCUT2D eigenvalue weighted by molar-refractivity contribution is -0.122. The summed E-state index contributed by atoms with van der Waals surface area (Å²) in [6.07, 6.45) is 3.62. The van der Waals surface area contributed by atoms with Crippen LogP contribution in [-0.4, -0.2) is 11.8 Å². The molecule has 2 atom stereocenters. The topological polar surface area (TPSA) is 43.1 Å². The molecule has 1 aromatic carbocycles. The fourth-order valence-electron chi connectivity index (χ4n) is 2.32. The highest BCUT2D eigenvalue weighted by Crippen LogP contribution is 2.25. The minimum Gasteiger partial charge on any atom is -0.327 e. The summed E-state index contributed by atoms with van der Waals surface area (Å²) >= 11 is 2.27. The molecule has 0 aliphatic heterocycles. The molecule has 0 saturated heterocycles. The number of carbonyl (C=O) groups is 1. The predicted molar refractivity (Wildman–Crippen MR) is 73.2 cm³/mol. The van der Waals surface area contributed by atoms with E-state index in [0.29, 0.717) is 12.2 Å². The Balaban J connectivity index is 1.99. The van der Waals surface area contributed by atoms with Crippen LogP contribution in [-0.2, 0) is 11.2 Å². The number of carbonyl (C=O) groups excluding carboxylic acids is 1. The summed E-state index contributed by atoms with van der Waals surface area (Å²) in [7, 11) is 0. The molecule has 2 rings (SSSR count). The van der Waals surface area contributed by atoms with Crippen LogP contribution in [0.15, 0.2) is 24.3 Å². The molecule has 0 radical (unpaired) electrons. The number of ketones is 1. The lowest BCUT2D eigenvalue weighted by atomic mass is 9.94. The molecular weight excluding hydrogens is 313 g/mol. The monoisotopic (exact) mass is 329 g/mol. The molecule has 0 amide bonds. The highest BCUT2D eigenvalue weighted by atomic mass is 127. The number of halogens is 1. The molecule has 0 bridgehead atoms. The zero-order valence-electron chi connectivity index (χ0n) is 9.16. The number of nitrogens with two attached hydrogens (primary N) is 1. The average Bonchev–Trinajstić information content (AvgIpc) is 2.68. The fourth-order valence-corrected chi connectivity index (χ4v) is 2.68. The standard InChI is InChI=1S/C13H16INO/c14-10-6-4-9(5-7-10)8-13(16)11-2-1-3-12(11)15/h4-7,11-12H,1-3,8,15H2. The highest BCUT2D eigenvalue weighted by Gasteiger charge is 2.29. The number of hydrogen-bond acceptors (Lipinski definition) is 2. The van der Waals surface area contributed by atoms with Gasteiger partial charge in [0.1, 0.15) is 5.78 Å². The van der Waals surface area contributed by atoms with Crippen molar-refractivity contribution in [1.29, 1.82) is 0 Å². The van der Waals surface area contributed by atoms with Crippen molar-refractivity contribution < 1.29 is 4.79 Å². The van der Waals surface area contributed by atoms with Gasteiger partial charge in [0.25, 0.3) is 0 Å². The normalized spacial score (nSPS) is 24.6. The molecule has 1 saturated carbocycles. The van der Waals surface area contributed by atoms with Gasteiger partial charge in [-0.05, 0) is 53.1 Å². The summed E-state index contributed by atoms with van der Waals surface area (Å²) in [5, 5.41) is 0. The maximum absolute atomic E-state index is 12.0. The minimum atomic E-state index is 0.0938. The first-order valence-corrected chi connectivity index (χ1v) is 6.77. The number of benzene rings is 1. The van der Waals surface area contributed by atoms with E-state index in [1.165, 1.54) is 3.57 Å². The first kappa shape index (κ1) is 12.0. The molecule has 1 aliphatic rings. The van der Waals surface area contributed by atoms with Gasteiger partial charge in [0.05, 0.1) is 0 Å². The van der Waals surface area contributed by atoms with Gasteiger partial charge in [-0.25, -0.2) is 0 Å². The van der Waals surface area contributed by atoms with E-state index in [1.807, 2.05) is 24.3 Å². The molecule has 86 valence electrons. The predicted octanol–water partition coefficient (Wildman–Crippen LogP) is 2.53.